The minimum Gasteiger partial charge on any atom is -0.310 e. The summed E-state index contributed by atoms with van der Waals surface area (Å²) >= 11 is 0. The van der Waals surface area contributed by atoms with Crippen molar-refractivity contribution >= 4 is 60.4 Å². The molecular weight excluding hydrogens is 737 g/mol. The minimum absolute atomic E-state index is 0.0886. The molecule has 0 bridgehead atoms. The highest BCUT2D eigenvalue weighted by atomic mass is 15.1. The molecule has 0 saturated carbocycles. The van der Waals surface area contributed by atoms with Crippen LogP contribution in [-0.4, -0.2) is 4.57 Å². The third-order valence-electron chi connectivity index (χ3n) is 13.2. The van der Waals surface area contributed by atoms with E-state index in [9.17, 15) is 0 Å². The van der Waals surface area contributed by atoms with Crippen molar-refractivity contribution in [3.63, 3.8) is 0 Å². The van der Waals surface area contributed by atoms with Crippen molar-refractivity contribution in [2.24, 2.45) is 0 Å². The Kier molecular flexibility index (Phi) is 7.92. The summed E-state index contributed by atoms with van der Waals surface area (Å²) in [5.41, 5.74) is 17.1. The zero-order valence-electron chi connectivity index (χ0n) is 34.2. The molecule has 12 rings (SSSR count). The fourth-order valence-electron chi connectivity index (χ4n) is 10.3. The molecule has 2 nitrogen and oxygen atoms in total. The average molecular weight is 779 g/mol. The molecule has 1 aliphatic rings. The molecule has 0 spiro atoms. The van der Waals surface area contributed by atoms with Crippen LogP contribution in [0, 0.1) is 0 Å². The van der Waals surface area contributed by atoms with E-state index in [0.29, 0.717) is 0 Å². The lowest BCUT2D eigenvalue weighted by atomic mass is 9.82. The van der Waals surface area contributed by atoms with Crippen LogP contribution in [0.4, 0.5) is 17.1 Å². The average Bonchev–Trinajstić information content (AvgIpc) is 3.77. The van der Waals surface area contributed by atoms with E-state index < -0.39 is 0 Å². The van der Waals surface area contributed by atoms with Gasteiger partial charge in [-0.3, -0.25) is 0 Å². The van der Waals surface area contributed by atoms with Crippen molar-refractivity contribution < 1.29 is 0 Å². The molecule has 0 aliphatic heterocycles. The molecule has 0 amide bonds. The van der Waals surface area contributed by atoms with Crippen molar-refractivity contribution in [2.75, 3.05) is 4.90 Å². The van der Waals surface area contributed by atoms with E-state index in [1.165, 1.54) is 87.9 Å². The first kappa shape index (κ1) is 35.3. The van der Waals surface area contributed by atoms with Gasteiger partial charge in [0.05, 0.1) is 16.7 Å². The van der Waals surface area contributed by atoms with Gasteiger partial charge in [0.1, 0.15) is 0 Å². The molecule has 1 aromatic heterocycles. The van der Waals surface area contributed by atoms with Crippen LogP contribution in [0.3, 0.4) is 0 Å². The van der Waals surface area contributed by atoms with Gasteiger partial charge < -0.3 is 9.47 Å². The largest absolute Gasteiger partial charge is 0.310 e. The third-order valence-corrected chi connectivity index (χ3v) is 13.2. The van der Waals surface area contributed by atoms with Gasteiger partial charge in [-0.1, -0.05) is 172 Å². The van der Waals surface area contributed by atoms with Crippen LogP contribution in [0.5, 0.6) is 0 Å². The van der Waals surface area contributed by atoms with Gasteiger partial charge in [-0.2, -0.15) is 0 Å². The predicted octanol–water partition coefficient (Wildman–Crippen LogP) is 16.2. The summed E-state index contributed by atoms with van der Waals surface area (Å²) in [6.07, 6.45) is 0. The maximum atomic E-state index is 2.47. The van der Waals surface area contributed by atoms with Crippen molar-refractivity contribution in [1.82, 2.24) is 4.57 Å². The Morgan fingerprint density at radius 3 is 1.79 bits per heavy atom. The summed E-state index contributed by atoms with van der Waals surface area (Å²) < 4.78 is 2.47. The molecule has 61 heavy (non-hydrogen) atoms. The molecule has 0 radical (unpaired) electrons. The molecular formula is C59H42N2. The predicted molar refractivity (Wildman–Crippen MR) is 259 cm³/mol. The number of aromatic nitrogens is 1. The molecule has 11 aromatic rings. The monoisotopic (exact) mass is 778 g/mol. The highest BCUT2D eigenvalue weighted by Crippen LogP contribution is 2.51. The second kappa shape index (κ2) is 13.7. The maximum Gasteiger partial charge on any atom is 0.0547 e. The van der Waals surface area contributed by atoms with Gasteiger partial charge in [0.15, 0.2) is 0 Å². The van der Waals surface area contributed by atoms with Crippen LogP contribution >= 0.6 is 0 Å². The van der Waals surface area contributed by atoms with Gasteiger partial charge in [0.25, 0.3) is 0 Å². The van der Waals surface area contributed by atoms with Crippen LogP contribution in [0.15, 0.2) is 218 Å². The molecule has 288 valence electrons. The lowest BCUT2D eigenvalue weighted by Gasteiger charge is -2.28. The summed E-state index contributed by atoms with van der Waals surface area (Å²) in [6, 6.07) is 80.3. The highest BCUT2D eigenvalue weighted by Gasteiger charge is 2.35. The van der Waals surface area contributed by atoms with Gasteiger partial charge in [0.2, 0.25) is 0 Å². The van der Waals surface area contributed by atoms with Crippen LogP contribution in [-0.2, 0) is 5.41 Å². The van der Waals surface area contributed by atoms with Crippen LogP contribution in [0.25, 0.3) is 82.4 Å². The summed E-state index contributed by atoms with van der Waals surface area (Å²) in [4.78, 5) is 2.39. The smallest absolute Gasteiger partial charge is 0.0547 e. The number of rotatable bonds is 6. The Bertz CT molecular complexity index is 3500. The second-order valence-corrected chi connectivity index (χ2v) is 16.9. The van der Waals surface area contributed by atoms with Crippen molar-refractivity contribution in [2.45, 2.75) is 19.3 Å². The Balaban J connectivity index is 0.999. The van der Waals surface area contributed by atoms with Crippen LogP contribution in [0.1, 0.15) is 25.0 Å². The molecule has 2 heteroatoms. The van der Waals surface area contributed by atoms with Gasteiger partial charge in [0, 0.05) is 38.8 Å². The number of hydrogen-bond donors (Lipinski definition) is 0. The van der Waals surface area contributed by atoms with E-state index in [1.807, 2.05) is 0 Å². The minimum atomic E-state index is -0.0886. The van der Waals surface area contributed by atoms with Gasteiger partial charge in [-0.05, 0) is 121 Å². The molecule has 10 aromatic carbocycles. The lowest BCUT2D eigenvalue weighted by Crippen LogP contribution is -2.16. The summed E-state index contributed by atoms with van der Waals surface area (Å²) in [5.74, 6) is 0. The number of hydrogen-bond acceptors (Lipinski definition) is 1. The number of anilines is 3. The Morgan fingerprint density at radius 1 is 0.361 bits per heavy atom. The van der Waals surface area contributed by atoms with Crippen molar-refractivity contribution in [1.29, 1.82) is 0 Å². The number of benzene rings is 10. The van der Waals surface area contributed by atoms with E-state index in [2.05, 4.69) is 242 Å². The van der Waals surface area contributed by atoms with Crippen LogP contribution < -0.4 is 4.90 Å². The SMILES string of the molecule is CC1(C)c2ccccc2-c2ccc(N(c3ccccc3)c3ccc(-c4ccccc4-n4c5ccccc5c5c(-c6cc7ccccc7c7ccccc67)cccc54)cc3)cc21. The number of fused-ring (bicyclic) bond motifs is 9. The molecule has 0 unspecified atom stereocenters. The second-order valence-electron chi connectivity index (χ2n) is 16.9. The first-order valence-corrected chi connectivity index (χ1v) is 21.3. The highest BCUT2D eigenvalue weighted by molar-refractivity contribution is 6.21. The summed E-state index contributed by atoms with van der Waals surface area (Å²) in [6.45, 7) is 4.70. The van der Waals surface area contributed by atoms with E-state index in [-0.39, 0.29) is 5.41 Å². The fraction of sp³-hybridized carbons (Fsp3) is 0.0508. The molecule has 0 atom stereocenters. The van der Waals surface area contributed by atoms with E-state index >= 15 is 0 Å². The first-order chi connectivity index (χ1) is 30.0. The normalized spacial score (nSPS) is 12.9. The van der Waals surface area contributed by atoms with Crippen LogP contribution in [0.2, 0.25) is 0 Å². The quantitative estimate of drug-likeness (QED) is 0.153. The van der Waals surface area contributed by atoms with Crippen molar-refractivity contribution in [3.8, 4) is 39.1 Å². The Hall–Kier alpha value is -7.68. The molecule has 1 heterocycles. The van der Waals surface area contributed by atoms with E-state index in [4.69, 9.17) is 0 Å². The maximum absolute atomic E-state index is 2.47. The zero-order valence-corrected chi connectivity index (χ0v) is 34.2. The van der Waals surface area contributed by atoms with E-state index in [1.54, 1.807) is 0 Å². The lowest BCUT2D eigenvalue weighted by molar-refractivity contribution is 0.660. The zero-order chi connectivity index (χ0) is 40.7. The third kappa shape index (κ3) is 5.42. The first-order valence-electron chi connectivity index (χ1n) is 21.3. The summed E-state index contributed by atoms with van der Waals surface area (Å²) in [7, 11) is 0. The molecule has 0 fully saturated rings. The Morgan fingerprint density at radius 2 is 0.951 bits per heavy atom. The summed E-state index contributed by atoms with van der Waals surface area (Å²) in [5, 5.41) is 7.59. The van der Waals surface area contributed by atoms with Gasteiger partial charge in [-0.15, -0.1) is 0 Å². The number of para-hydroxylation sites is 3. The topological polar surface area (TPSA) is 8.17 Å². The fourth-order valence-corrected chi connectivity index (χ4v) is 10.3. The van der Waals surface area contributed by atoms with Gasteiger partial charge in [-0.25, -0.2) is 0 Å². The molecule has 1 aliphatic carbocycles. The Labute approximate surface area is 356 Å². The van der Waals surface area contributed by atoms with Gasteiger partial charge >= 0.3 is 0 Å². The molecule has 0 saturated heterocycles. The van der Waals surface area contributed by atoms with Crippen molar-refractivity contribution in [3.05, 3.63) is 230 Å². The standard InChI is InChI=1S/C59H42N2/c1-59(2)53-27-13-10-24-48(53)49-36-35-43(38-54(49)59)60(41-18-4-3-5-19-41)42-33-31-39(32-34-42)45-21-11-14-28-55(45)61-56-29-15-12-25-51(56)58-50(26-16-30-57(58)61)52-37-40-17-6-7-20-44(40)46-22-8-9-23-47(46)52/h3-38H,1-2H3. The molecule has 0 N–H and O–H groups in total. The van der Waals surface area contributed by atoms with E-state index in [0.717, 1.165) is 22.7 Å². The number of nitrogens with zero attached hydrogens (tertiary/aromatic N) is 2.